The number of rotatable bonds is 2. The summed E-state index contributed by atoms with van der Waals surface area (Å²) in [7, 11) is 0. The van der Waals surface area contributed by atoms with Gasteiger partial charge in [0.25, 0.3) is 0 Å². The summed E-state index contributed by atoms with van der Waals surface area (Å²) in [5, 5.41) is 8.88. The standard InChI is InChI=1S/C11H18O2/c1-7(2)9-4-5-10(11(12)13)8(3)6-9/h7,9H,4-6H2,1-3H3,(H,12,13). The van der Waals surface area contributed by atoms with E-state index in [2.05, 4.69) is 13.8 Å². The van der Waals surface area contributed by atoms with E-state index in [0.29, 0.717) is 17.4 Å². The molecule has 1 aliphatic rings. The van der Waals surface area contributed by atoms with Crippen LogP contribution in [0.3, 0.4) is 0 Å². The van der Waals surface area contributed by atoms with Crippen LogP contribution in [-0.2, 0) is 4.79 Å². The van der Waals surface area contributed by atoms with E-state index in [1.807, 2.05) is 6.92 Å². The zero-order chi connectivity index (χ0) is 10.0. The van der Waals surface area contributed by atoms with Gasteiger partial charge in [-0.2, -0.15) is 0 Å². The lowest BCUT2D eigenvalue weighted by atomic mass is 9.79. The third-order valence-electron chi connectivity index (χ3n) is 3.05. The van der Waals surface area contributed by atoms with Gasteiger partial charge in [-0.25, -0.2) is 4.79 Å². The highest BCUT2D eigenvalue weighted by atomic mass is 16.4. The number of carboxylic acid groups (broad SMARTS) is 1. The molecule has 0 aromatic rings. The van der Waals surface area contributed by atoms with Gasteiger partial charge >= 0.3 is 5.97 Å². The van der Waals surface area contributed by atoms with Gasteiger partial charge in [0.15, 0.2) is 0 Å². The molecule has 0 bridgehead atoms. The normalized spacial score (nSPS) is 23.8. The maximum Gasteiger partial charge on any atom is 0.331 e. The van der Waals surface area contributed by atoms with Crippen molar-refractivity contribution in [1.82, 2.24) is 0 Å². The highest BCUT2D eigenvalue weighted by Crippen LogP contribution is 2.33. The molecule has 1 aliphatic carbocycles. The Balaban J connectivity index is 2.72. The minimum atomic E-state index is -0.722. The van der Waals surface area contributed by atoms with E-state index in [4.69, 9.17) is 5.11 Å². The van der Waals surface area contributed by atoms with Crippen molar-refractivity contribution in [2.24, 2.45) is 11.8 Å². The maximum absolute atomic E-state index is 10.8. The predicted molar refractivity (Wildman–Crippen MR) is 52.5 cm³/mol. The quantitative estimate of drug-likeness (QED) is 0.713. The molecule has 0 saturated carbocycles. The van der Waals surface area contributed by atoms with Gasteiger partial charge in [0.1, 0.15) is 0 Å². The maximum atomic E-state index is 10.8. The Kier molecular flexibility index (Phi) is 3.12. The Hall–Kier alpha value is -0.790. The van der Waals surface area contributed by atoms with Gasteiger partial charge in [-0.05, 0) is 38.0 Å². The molecule has 1 rings (SSSR count). The fraction of sp³-hybridized carbons (Fsp3) is 0.727. The van der Waals surface area contributed by atoms with Crippen LogP contribution in [0.2, 0.25) is 0 Å². The molecule has 1 unspecified atom stereocenters. The summed E-state index contributed by atoms with van der Waals surface area (Å²) in [6.45, 7) is 6.38. The first-order valence-corrected chi connectivity index (χ1v) is 4.94. The van der Waals surface area contributed by atoms with Gasteiger partial charge in [-0.3, -0.25) is 0 Å². The minimum Gasteiger partial charge on any atom is -0.478 e. The van der Waals surface area contributed by atoms with Crippen molar-refractivity contribution < 1.29 is 9.90 Å². The number of hydrogen-bond donors (Lipinski definition) is 1. The fourth-order valence-electron chi connectivity index (χ4n) is 2.02. The van der Waals surface area contributed by atoms with Crippen molar-refractivity contribution in [3.63, 3.8) is 0 Å². The van der Waals surface area contributed by atoms with Crippen molar-refractivity contribution in [3.05, 3.63) is 11.1 Å². The molecule has 0 aliphatic heterocycles. The monoisotopic (exact) mass is 182 g/mol. The summed E-state index contributed by atoms with van der Waals surface area (Å²) in [5.74, 6) is 0.633. The molecule has 2 nitrogen and oxygen atoms in total. The minimum absolute atomic E-state index is 0.650. The third-order valence-corrected chi connectivity index (χ3v) is 3.05. The summed E-state index contributed by atoms with van der Waals surface area (Å²) < 4.78 is 0. The van der Waals surface area contributed by atoms with E-state index in [0.717, 1.165) is 24.8 Å². The lowest BCUT2D eigenvalue weighted by Crippen LogP contribution is -2.18. The van der Waals surface area contributed by atoms with Gasteiger partial charge in [-0.15, -0.1) is 0 Å². The third kappa shape index (κ3) is 2.33. The van der Waals surface area contributed by atoms with E-state index >= 15 is 0 Å². The van der Waals surface area contributed by atoms with Gasteiger partial charge in [0.05, 0.1) is 0 Å². The molecule has 13 heavy (non-hydrogen) atoms. The Morgan fingerprint density at radius 3 is 2.54 bits per heavy atom. The zero-order valence-electron chi connectivity index (χ0n) is 8.63. The summed E-state index contributed by atoms with van der Waals surface area (Å²) in [6, 6.07) is 0. The van der Waals surface area contributed by atoms with Crippen molar-refractivity contribution in [1.29, 1.82) is 0 Å². The molecule has 0 amide bonds. The average molecular weight is 182 g/mol. The highest BCUT2D eigenvalue weighted by Gasteiger charge is 2.23. The van der Waals surface area contributed by atoms with Crippen LogP contribution in [0.5, 0.6) is 0 Å². The average Bonchev–Trinajstić information content (AvgIpc) is 2.03. The van der Waals surface area contributed by atoms with Crippen molar-refractivity contribution in [3.8, 4) is 0 Å². The summed E-state index contributed by atoms with van der Waals surface area (Å²) in [5.41, 5.74) is 1.73. The molecular formula is C11H18O2. The number of hydrogen-bond acceptors (Lipinski definition) is 1. The van der Waals surface area contributed by atoms with Crippen LogP contribution >= 0.6 is 0 Å². The van der Waals surface area contributed by atoms with Crippen LogP contribution in [-0.4, -0.2) is 11.1 Å². The smallest absolute Gasteiger partial charge is 0.331 e. The first-order valence-electron chi connectivity index (χ1n) is 4.94. The van der Waals surface area contributed by atoms with Crippen molar-refractivity contribution in [2.75, 3.05) is 0 Å². The molecule has 1 N–H and O–H groups in total. The van der Waals surface area contributed by atoms with Gasteiger partial charge in [0.2, 0.25) is 0 Å². The SMILES string of the molecule is CC1=C(C(=O)O)CCC(C(C)C)C1. The van der Waals surface area contributed by atoms with Crippen LogP contribution < -0.4 is 0 Å². The van der Waals surface area contributed by atoms with E-state index in [1.165, 1.54) is 0 Å². The number of carboxylic acids is 1. The Morgan fingerprint density at radius 2 is 2.15 bits per heavy atom. The summed E-state index contributed by atoms with van der Waals surface area (Å²) in [4.78, 5) is 10.8. The van der Waals surface area contributed by atoms with Crippen LogP contribution in [0.15, 0.2) is 11.1 Å². The first-order chi connectivity index (χ1) is 6.02. The highest BCUT2D eigenvalue weighted by molar-refractivity contribution is 5.87. The lowest BCUT2D eigenvalue weighted by Gasteiger charge is -2.26. The molecule has 0 aromatic heterocycles. The molecular weight excluding hydrogens is 164 g/mol. The molecule has 2 heteroatoms. The van der Waals surface area contributed by atoms with Crippen molar-refractivity contribution >= 4 is 5.97 Å². The van der Waals surface area contributed by atoms with E-state index < -0.39 is 5.97 Å². The number of carbonyl (C=O) groups is 1. The van der Waals surface area contributed by atoms with E-state index in [-0.39, 0.29) is 0 Å². The lowest BCUT2D eigenvalue weighted by molar-refractivity contribution is -0.133. The largest absolute Gasteiger partial charge is 0.478 e. The van der Waals surface area contributed by atoms with Gasteiger partial charge in [-0.1, -0.05) is 19.4 Å². The van der Waals surface area contributed by atoms with Crippen LogP contribution in [0.1, 0.15) is 40.0 Å². The molecule has 1 atom stereocenters. The molecule has 0 aromatic carbocycles. The number of aliphatic carboxylic acids is 1. The Morgan fingerprint density at radius 1 is 1.54 bits per heavy atom. The van der Waals surface area contributed by atoms with Crippen LogP contribution in [0.25, 0.3) is 0 Å². The van der Waals surface area contributed by atoms with Crippen LogP contribution in [0.4, 0.5) is 0 Å². The Labute approximate surface area is 79.6 Å². The first kappa shape index (κ1) is 10.3. The zero-order valence-corrected chi connectivity index (χ0v) is 8.63. The van der Waals surface area contributed by atoms with E-state index in [9.17, 15) is 4.79 Å². The van der Waals surface area contributed by atoms with E-state index in [1.54, 1.807) is 0 Å². The van der Waals surface area contributed by atoms with Crippen molar-refractivity contribution in [2.45, 2.75) is 40.0 Å². The molecule has 0 fully saturated rings. The molecule has 74 valence electrons. The molecule has 0 heterocycles. The Bertz CT molecular complexity index is 238. The summed E-state index contributed by atoms with van der Waals surface area (Å²) >= 11 is 0. The second-order valence-electron chi connectivity index (χ2n) is 4.31. The molecule has 0 spiro atoms. The predicted octanol–water partition coefficient (Wildman–Crippen LogP) is 2.84. The second kappa shape index (κ2) is 3.95. The van der Waals surface area contributed by atoms with Gasteiger partial charge in [0, 0.05) is 5.57 Å². The molecule has 0 radical (unpaired) electrons. The second-order valence-corrected chi connectivity index (χ2v) is 4.31. The fourth-order valence-corrected chi connectivity index (χ4v) is 2.02. The number of allylic oxidation sites excluding steroid dienone is 1. The summed E-state index contributed by atoms with van der Waals surface area (Å²) in [6.07, 6.45) is 2.76. The molecule has 0 saturated heterocycles. The van der Waals surface area contributed by atoms with Gasteiger partial charge < -0.3 is 5.11 Å². The van der Waals surface area contributed by atoms with Crippen LogP contribution in [0, 0.1) is 11.8 Å². The topological polar surface area (TPSA) is 37.3 Å².